The largest absolute Gasteiger partial charge is 0.489 e. The Kier molecular flexibility index (Phi) is 4.47. The van der Waals surface area contributed by atoms with Gasteiger partial charge in [-0.05, 0) is 48.0 Å². The zero-order chi connectivity index (χ0) is 19.5. The molecule has 2 aromatic heterocycles. The van der Waals surface area contributed by atoms with Crippen LogP contribution in [0.1, 0.15) is 16.1 Å². The van der Waals surface area contributed by atoms with Crippen LogP contribution in [-0.4, -0.2) is 21.0 Å². The number of rotatable bonds is 6. The minimum atomic E-state index is -0.448. The number of anilines is 1. The van der Waals surface area contributed by atoms with Gasteiger partial charge >= 0.3 is 0 Å². The number of benzene rings is 2. The third kappa shape index (κ3) is 3.54. The summed E-state index contributed by atoms with van der Waals surface area (Å²) < 4.78 is 10.8. The number of H-pyrrole nitrogens is 1. The van der Waals surface area contributed by atoms with Gasteiger partial charge in [0.15, 0.2) is 11.6 Å². The minimum Gasteiger partial charge on any atom is -0.489 e. The number of fused-ring (bicyclic) bond motifs is 1. The Balaban J connectivity index is 1.49. The molecule has 4 rings (SSSR count). The van der Waals surface area contributed by atoms with Crippen LogP contribution in [0.5, 0.6) is 5.75 Å². The summed E-state index contributed by atoms with van der Waals surface area (Å²) in [5.41, 5.74) is 1.56. The summed E-state index contributed by atoms with van der Waals surface area (Å²) in [5.74, 6) is 0.704. The van der Waals surface area contributed by atoms with Crippen LogP contribution in [0, 0.1) is 10.1 Å². The van der Waals surface area contributed by atoms with Crippen molar-refractivity contribution in [3.05, 3.63) is 82.3 Å². The van der Waals surface area contributed by atoms with Crippen molar-refractivity contribution in [1.29, 1.82) is 0 Å². The molecule has 0 spiro atoms. The molecule has 0 aliphatic rings. The number of amides is 1. The van der Waals surface area contributed by atoms with E-state index >= 15 is 0 Å². The quantitative estimate of drug-likeness (QED) is 0.387. The number of carbonyl (C=O) groups excluding carboxylic acids is 1. The Morgan fingerprint density at radius 2 is 2.04 bits per heavy atom. The molecule has 0 bridgehead atoms. The first-order valence-corrected chi connectivity index (χ1v) is 8.29. The van der Waals surface area contributed by atoms with Crippen LogP contribution in [0.15, 0.2) is 65.3 Å². The highest BCUT2D eigenvalue weighted by Crippen LogP contribution is 2.26. The first kappa shape index (κ1) is 17.3. The van der Waals surface area contributed by atoms with Gasteiger partial charge in [0.05, 0.1) is 16.7 Å². The molecule has 9 nitrogen and oxygen atoms in total. The van der Waals surface area contributed by atoms with Crippen LogP contribution in [0.2, 0.25) is 0 Å². The second-order valence-electron chi connectivity index (χ2n) is 5.92. The molecule has 0 saturated heterocycles. The average molecular weight is 378 g/mol. The second-order valence-corrected chi connectivity index (χ2v) is 5.92. The van der Waals surface area contributed by atoms with Crippen LogP contribution in [0.3, 0.4) is 0 Å². The van der Waals surface area contributed by atoms with Gasteiger partial charge in [0.1, 0.15) is 12.4 Å². The number of nitrogens with one attached hydrogen (secondary N) is 2. The summed E-state index contributed by atoms with van der Waals surface area (Å²) in [5, 5.41) is 21.0. The van der Waals surface area contributed by atoms with E-state index < -0.39 is 10.8 Å². The Morgan fingerprint density at radius 1 is 1.21 bits per heavy atom. The molecular formula is C19H14N4O5. The topological polar surface area (TPSA) is 123 Å². The molecule has 1 amide bonds. The molecule has 2 aromatic carbocycles. The molecule has 0 aliphatic carbocycles. The summed E-state index contributed by atoms with van der Waals surface area (Å²) in [7, 11) is 0. The van der Waals surface area contributed by atoms with Crippen LogP contribution < -0.4 is 10.1 Å². The third-order valence-electron chi connectivity index (χ3n) is 4.06. The number of non-ortho nitro benzene ring substituents is 1. The average Bonchev–Trinajstić information content (AvgIpc) is 3.37. The van der Waals surface area contributed by atoms with Gasteiger partial charge in [0.2, 0.25) is 0 Å². The fraction of sp³-hybridized carbons (Fsp3) is 0.0526. The Labute approximate surface area is 158 Å². The molecule has 4 aromatic rings. The molecule has 2 N–H and O–H groups in total. The minimum absolute atomic E-state index is 0.0282. The van der Waals surface area contributed by atoms with Crippen molar-refractivity contribution in [2.45, 2.75) is 6.61 Å². The van der Waals surface area contributed by atoms with Crippen LogP contribution >= 0.6 is 0 Å². The number of carbonyl (C=O) groups is 1. The van der Waals surface area contributed by atoms with E-state index in [1.165, 1.54) is 18.4 Å². The summed E-state index contributed by atoms with van der Waals surface area (Å²) in [6.07, 6.45) is 1.42. The number of aromatic nitrogens is 2. The van der Waals surface area contributed by atoms with Gasteiger partial charge in [-0.25, -0.2) is 0 Å². The van der Waals surface area contributed by atoms with Crippen molar-refractivity contribution in [2.24, 2.45) is 0 Å². The number of ether oxygens (including phenoxy) is 1. The lowest BCUT2D eigenvalue weighted by atomic mass is 10.2. The lowest BCUT2D eigenvalue weighted by Gasteiger charge is -2.07. The van der Waals surface area contributed by atoms with E-state index in [-0.39, 0.29) is 18.1 Å². The fourth-order valence-corrected chi connectivity index (χ4v) is 2.64. The normalized spacial score (nSPS) is 10.7. The van der Waals surface area contributed by atoms with E-state index in [0.717, 1.165) is 11.1 Å². The van der Waals surface area contributed by atoms with Crippen molar-refractivity contribution in [1.82, 2.24) is 10.2 Å². The SMILES string of the molecule is O=C(Nc1n[nH]c2ccc(OCc3ccc([N+](=O)[O-])cc3)cc12)c1ccco1. The van der Waals surface area contributed by atoms with Crippen LogP contribution in [-0.2, 0) is 6.61 Å². The highest BCUT2D eigenvalue weighted by Gasteiger charge is 2.14. The number of aromatic amines is 1. The second kappa shape index (κ2) is 7.23. The first-order chi connectivity index (χ1) is 13.6. The number of nitro benzene ring substituents is 1. The zero-order valence-corrected chi connectivity index (χ0v) is 14.4. The lowest BCUT2D eigenvalue weighted by molar-refractivity contribution is -0.384. The van der Waals surface area contributed by atoms with Crippen molar-refractivity contribution < 1.29 is 18.9 Å². The number of hydrogen-bond donors (Lipinski definition) is 2. The maximum absolute atomic E-state index is 12.1. The Morgan fingerprint density at radius 3 is 2.75 bits per heavy atom. The maximum atomic E-state index is 12.1. The Hall–Kier alpha value is -4.14. The van der Waals surface area contributed by atoms with Gasteiger partial charge in [-0.15, -0.1) is 0 Å². The third-order valence-corrected chi connectivity index (χ3v) is 4.06. The van der Waals surface area contributed by atoms with Crippen molar-refractivity contribution in [3.8, 4) is 5.75 Å². The number of nitro groups is 1. The number of nitrogens with zero attached hydrogens (tertiary/aromatic N) is 2. The monoisotopic (exact) mass is 378 g/mol. The zero-order valence-electron chi connectivity index (χ0n) is 14.4. The molecular weight excluding hydrogens is 364 g/mol. The fourth-order valence-electron chi connectivity index (χ4n) is 2.64. The summed E-state index contributed by atoms with van der Waals surface area (Å²) >= 11 is 0. The van der Waals surface area contributed by atoms with Crippen molar-refractivity contribution >= 4 is 28.3 Å². The van der Waals surface area contributed by atoms with E-state index in [1.54, 1.807) is 42.5 Å². The van der Waals surface area contributed by atoms with E-state index in [0.29, 0.717) is 17.0 Å². The van der Waals surface area contributed by atoms with E-state index in [2.05, 4.69) is 15.5 Å². The van der Waals surface area contributed by atoms with Crippen molar-refractivity contribution in [2.75, 3.05) is 5.32 Å². The van der Waals surface area contributed by atoms with Gasteiger partial charge in [0.25, 0.3) is 11.6 Å². The molecule has 0 fully saturated rings. The standard InChI is InChI=1S/C19H14N4O5/c24-19(17-2-1-9-27-17)20-18-15-10-14(7-8-16(15)21-22-18)28-11-12-3-5-13(6-4-12)23(25)26/h1-10H,11H2,(H2,20,21,22,24). The predicted octanol–water partition coefficient (Wildman–Crippen LogP) is 3.90. The van der Waals surface area contributed by atoms with E-state index in [9.17, 15) is 14.9 Å². The van der Waals surface area contributed by atoms with Crippen molar-refractivity contribution in [3.63, 3.8) is 0 Å². The number of hydrogen-bond acceptors (Lipinski definition) is 6. The summed E-state index contributed by atoms with van der Waals surface area (Å²) in [6.45, 7) is 0.245. The van der Waals surface area contributed by atoms with E-state index in [1.807, 2.05) is 0 Å². The molecule has 0 atom stereocenters. The number of furan rings is 1. The first-order valence-electron chi connectivity index (χ1n) is 8.29. The molecule has 0 saturated carbocycles. The van der Waals surface area contributed by atoms with Gasteiger partial charge in [-0.1, -0.05) is 0 Å². The summed E-state index contributed by atoms with van der Waals surface area (Å²) in [4.78, 5) is 22.4. The highest BCUT2D eigenvalue weighted by atomic mass is 16.6. The molecule has 0 radical (unpaired) electrons. The van der Waals surface area contributed by atoms with Gasteiger partial charge in [0, 0.05) is 17.5 Å². The Bertz CT molecular complexity index is 1130. The molecule has 0 unspecified atom stereocenters. The smallest absolute Gasteiger partial charge is 0.292 e. The van der Waals surface area contributed by atoms with E-state index in [4.69, 9.17) is 9.15 Å². The predicted molar refractivity (Wildman–Crippen MR) is 100 cm³/mol. The van der Waals surface area contributed by atoms with Gasteiger partial charge in [-0.2, -0.15) is 5.10 Å². The molecule has 140 valence electrons. The van der Waals surface area contributed by atoms with Crippen LogP contribution in [0.25, 0.3) is 10.9 Å². The molecule has 2 heterocycles. The molecule has 9 heteroatoms. The highest BCUT2D eigenvalue weighted by molar-refractivity contribution is 6.06. The lowest BCUT2D eigenvalue weighted by Crippen LogP contribution is -2.11. The van der Waals surface area contributed by atoms with Crippen LogP contribution in [0.4, 0.5) is 11.5 Å². The van der Waals surface area contributed by atoms with Gasteiger partial charge < -0.3 is 14.5 Å². The molecule has 0 aliphatic heterocycles. The summed E-state index contributed by atoms with van der Waals surface area (Å²) in [6, 6.07) is 14.6. The molecule has 28 heavy (non-hydrogen) atoms. The maximum Gasteiger partial charge on any atom is 0.292 e. The van der Waals surface area contributed by atoms with Gasteiger partial charge in [-0.3, -0.25) is 20.0 Å².